The van der Waals surface area contributed by atoms with Gasteiger partial charge in [0.05, 0.1) is 0 Å². The van der Waals surface area contributed by atoms with Crippen LogP contribution in [0, 0.1) is 0 Å². The molecule has 0 aliphatic rings. The van der Waals surface area contributed by atoms with Crippen molar-refractivity contribution in [3.05, 3.63) is 0 Å². The van der Waals surface area contributed by atoms with Crippen molar-refractivity contribution in [3.63, 3.8) is 0 Å². The van der Waals surface area contributed by atoms with Gasteiger partial charge in [0.2, 0.25) is 0 Å². The summed E-state index contributed by atoms with van der Waals surface area (Å²) in [6, 6.07) is 0.915. The first-order valence-electron chi connectivity index (χ1n) is 12.7. The van der Waals surface area contributed by atoms with Crippen LogP contribution in [0.15, 0.2) is 0 Å². The normalized spacial score (nSPS) is 13.1. The Balaban J connectivity index is 3.64. The molecule has 0 N–H and O–H groups in total. The summed E-state index contributed by atoms with van der Waals surface area (Å²) in [4.78, 5) is 0. The first-order valence-corrected chi connectivity index (χ1v) is 15.2. The molecule has 0 saturated heterocycles. The molecule has 3 nitrogen and oxygen atoms in total. The van der Waals surface area contributed by atoms with E-state index in [1.165, 1.54) is 83.5 Å². The summed E-state index contributed by atoms with van der Waals surface area (Å²) < 4.78 is 17.8. The maximum absolute atomic E-state index is 5.94. The van der Waals surface area contributed by atoms with Crippen molar-refractivity contribution in [2.45, 2.75) is 135 Å². The highest BCUT2D eigenvalue weighted by atomic mass is 32.1. The van der Waals surface area contributed by atoms with Crippen LogP contribution in [0.3, 0.4) is 0 Å². The van der Waals surface area contributed by atoms with Crippen molar-refractivity contribution < 1.29 is 13.3 Å². The second-order valence-corrected chi connectivity index (χ2v) is 11.7. The Morgan fingerprint density at radius 3 is 1.34 bits per heavy atom. The van der Waals surface area contributed by atoms with Gasteiger partial charge < -0.3 is 13.3 Å². The molecular formula is C24H52O3SSi. The molecular weight excluding hydrogens is 396 g/mol. The van der Waals surface area contributed by atoms with Crippen LogP contribution in [0.2, 0.25) is 6.04 Å². The fraction of sp³-hybridized carbons (Fsp3) is 1.00. The molecule has 1 unspecified atom stereocenters. The predicted molar refractivity (Wildman–Crippen MR) is 133 cm³/mol. The van der Waals surface area contributed by atoms with Crippen molar-refractivity contribution in [3.8, 4) is 0 Å². The number of thiol groups is 1. The van der Waals surface area contributed by atoms with Crippen molar-refractivity contribution in [1.29, 1.82) is 0 Å². The van der Waals surface area contributed by atoms with E-state index in [1.54, 1.807) is 0 Å². The molecule has 0 spiro atoms. The second kappa shape index (κ2) is 21.7. The first-order chi connectivity index (χ1) is 14.1. The van der Waals surface area contributed by atoms with Gasteiger partial charge in [-0.3, -0.25) is 0 Å². The molecule has 5 heteroatoms. The standard InChI is InChI=1S/C24H52O3SSi/c1-5-9-10-11-12-13-14-15-16-17-18-19-21-24(28)22-20-23-29(25-6-2,26-7-3)27-8-4/h24,28H,5-23H2,1-4H3. The zero-order chi connectivity index (χ0) is 21.6. The molecule has 0 aliphatic heterocycles. The monoisotopic (exact) mass is 448 g/mol. The van der Waals surface area contributed by atoms with Crippen molar-refractivity contribution in [1.82, 2.24) is 0 Å². The molecule has 0 bridgehead atoms. The Morgan fingerprint density at radius 1 is 0.552 bits per heavy atom. The van der Waals surface area contributed by atoms with E-state index >= 15 is 0 Å². The van der Waals surface area contributed by atoms with E-state index in [0.717, 1.165) is 18.9 Å². The summed E-state index contributed by atoms with van der Waals surface area (Å²) >= 11 is 4.82. The lowest BCUT2D eigenvalue weighted by Gasteiger charge is -2.28. The molecule has 29 heavy (non-hydrogen) atoms. The van der Waals surface area contributed by atoms with E-state index in [4.69, 9.17) is 25.9 Å². The van der Waals surface area contributed by atoms with E-state index in [1.807, 2.05) is 20.8 Å². The van der Waals surface area contributed by atoms with Gasteiger partial charge in [0.1, 0.15) is 0 Å². The van der Waals surface area contributed by atoms with Crippen LogP contribution >= 0.6 is 12.6 Å². The quantitative estimate of drug-likeness (QED) is 0.0969. The molecule has 0 radical (unpaired) electrons. The summed E-state index contributed by atoms with van der Waals surface area (Å²) in [5.41, 5.74) is 0. The van der Waals surface area contributed by atoms with Crippen LogP contribution in [0.5, 0.6) is 0 Å². The summed E-state index contributed by atoms with van der Waals surface area (Å²) in [5, 5.41) is 0.495. The van der Waals surface area contributed by atoms with E-state index in [-0.39, 0.29) is 0 Å². The SMILES string of the molecule is CCCCCCCCCCCCCCC(S)CCC[Si](OCC)(OCC)OCC. The third kappa shape index (κ3) is 17.8. The van der Waals surface area contributed by atoms with Crippen molar-refractivity contribution >= 4 is 21.4 Å². The Labute approximate surface area is 189 Å². The molecule has 0 aromatic rings. The predicted octanol–water partition coefficient (Wildman–Crippen LogP) is 8.20. The Kier molecular flexibility index (Phi) is 22.0. The van der Waals surface area contributed by atoms with Crippen LogP contribution in [0.25, 0.3) is 0 Å². The van der Waals surface area contributed by atoms with E-state index in [0.29, 0.717) is 25.1 Å². The van der Waals surface area contributed by atoms with Crippen LogP contribution in [-0.2, 0) is 13.3 Å². The first kappa shape index (κ1) is 29.4. The van der Waals surface area contributed by atoms with Crippen LogP contribution in [0.1, 0.15) is 124 Å². The third-order valence-corrected chi connectivity index (χ3v) is 9.17. The summed E-state index contributed by atoms with van der Waals surface area (Å²) in [6.07, 6.45) is 20.3. The smallest absolute Gasteiger partial charge is 0.374 e. The van der Waals surface area contributed by atoms with Gasteiger partial charge >= 0.3 is 8.80 Å². The van der Waals surface area contributed by atoms with Gasteiger partial charge in [0.25, 0.3) is 0 Å². The van der Waals surface area contributed by atoms with Gasteiger partial charge in [0, 0.05) is 31.1 Å². The van der Waals surface area contributed by atoms with Gasteiger partial charge in [-0.2, -0.15) is 12.6 Å². The molecule has 0 rings (SSSR count). The summed E-state index contributed by atoms with van der Waals surface area (Å²) in [6.45, 7) is 10.3. The summed E-state index contributed by atoms with van der Waals surface area (Å²) in [7, 11) is -2.47. The van der Waals surface area contributed by atoms with Crippen LogP contribution < -0.4 is 0 Å². The minimum atomic E-state index is -2.47. The third-order valence-electron chi connectivity index (χ3n) is 5.50. The molecule has 0 heterocycles. The van der Waals surface area contributed by atoms with Gasteiger partial charge in [-0.05, 0) is 40.0 Å². The van der Waals surface area contributed by atoms with Crippen molar-refractivity contribution in [2.75, 3.05) is 19.8 Å². The largest absolute Gasteiger partial charge is 0.500 e. The highest BCUT2D eigenvalue weighted by molar-refractivity contribution is 7.80. The zero-order valence-corrected chi connectivity index (χ0v) is 22.1. The highest BCUT2D eigenvalue weighted by Crippen LogP contribution is 2.23. The number of hydrogen-bond acceptors (Lipinski definition) is 4. The fourth-order valence-electron chi connectivity index (χ4n) is 3.92. The minimum Gasteiger partial charge on any atom is -0.374 e. The summed E-state index contributed by atoms with van der Waals surface area (Å²) in [5.74, 6) is 0. The Morgan fingerprint density at radius 2 is 0.931 bits per heavy atom. The minimum absolute atomic E-state index is 0.495. The molecule has 0 aliphatic carbocycles. The molecule has 0 fully saturated rings. The van der Waals surface area contributed by atoms with Crippen LogP contribution in [0.4, 0.5) is 0 Å². The van der Waals surface area contributed by atoms with Gasteiger partial charge in [-0.1, -0.05) is 84.0 Å². The van der Waals surface area contributed by atoms with E-state index < -0.39 is 8.80 Å². The van der Waals surface area contributed by atoms with Crippen molar-refractivity contribution in [2.24, 2.45) is 0 Å². The van der Waals surface area contributed by atoms with E-state index in [9.17, 15) is 0 Å². The van der Waals surface area contributed by atoms with Gasteiger partial charge in [-0.15, -0.1) is 0 Å². The number of unbranched alkanes of at least 4 members (excludes halogenated alkanes) is 11. The lowest BCUT2D eigenvalue weighted by Crippen LogP contribution is -2.46. The zero-order valence-electron chi connectivity index (χ0n) is 20.2. The topological polar surface area (TPSA) is 27.7 Å². The van der Waals surface area contributed by atoms with Gasteiger partial charge in [-0.25, -0.2) is 0 Å². The average molecular weight is 449 g/mol. The maximum Gasteiger partial charge on any atom is 0.500 e. The average Bonchev–Trinajstić information content (AvgIpc) is 2.69. The number of rotatable bonds is 23. The molecule has 0 aromatic heterocycles. The lowest BCUT2D eigenvalue weighted by molar-refractivity contribution is 0.0707. The lowest BCUT2D eigenvalue weighted by atomic mass is 10.0. The van der Waals surface area contributed by atoms with E-state index in [2.05, 4.69) is 6.92 Å². The maximum atomic E-state index is 5.94. The molecule has 1 atom stereocenters. The molecule has 0 saturated carbocycles. The Hall–Kier alpha value is 0.447. The van der Waals surface area contributed by atoms with Gasteiger partial charge in [0.15, 0.2) is 0 Å². The molecule has 0 aromatic carbocycles. The Bertz CT molecular complexity index is 314. The fourth-order valence-corrected chi connectivity index (χ4v) is 6.93. The van der Waals surface area contributed by atoms with Crippen LogP contribution in [-0.4, -0.2) is 33.9 Å². The second-order valence-electron chi connectivity index (χ2n) is 8.21. The highest BCUT2D eigenvalue weighted by Gasteiger charge is 2.39. The molecule has 0 amide bonds. The number of hydrogen-bond donors (Lipinski definition) is 1. The molecule has 176 valence electrons.